The maximum Gasteiger partial charge on any atom is 0.313 e. The third-order valence-electron chi connectivity index (χ3n) is 4.49. The fraction of sp³-hybridized carbons (Fsp3) is 0.222. The standard InChI is InChI=1S/C18H16N2O5/c1-2-19-16(11-7-9-12(10-8-11)20(24)25)15(18(22)23)13-5-3-4-6-14(13)17(19)21/h3-10,15-16H,2H2,1H3,(H,22,23). The summed E-state index contributed by atoms with van der Waals surface area (Å²) in [4.78, 5) is 36.6. The molecular weight excluding hydrogens is 324 g/mol. The van der Waals surface area contributed by atoms with E-state index in [0.29, 0.717) is 23.2 Å². The van der Waals surface area contributed by atoms with E-state index in [1.807, 2.05) is 0 Å². The molecule has 25 heavy (non-hydrogen) atoms. The van der Waals surface area contributed by atoms with Crippen molar-refractivity contribution in [3.05, 3.63) is 75.3 Å². The van der Waals surface area contributed by atoms with Gasteiger partial charge in [-0.15, -0.1) is 0 Å². The Morgan fingerprint density at radius 3 is 2.40 bits per heavy atom. The average Bonchev–Trinajstić information content (AvgIpc) is 2.61. The molecule has 0 saturated carbocycles. The number of carboxylic acids is 1. The zero-order valence-electron chi connectivity index (χ0n) is 13.5. The molecule has 2 atom stereocenters. The molecule has 128 valence electrons. The number of carbonyl (C=O) groups is 2. The highest BCUT2D eigenvalue weighted by molar-refractivity contribution is 6.00. The highest BCUT2D eigenvalue weighted by atomic mass is 16.6. The Balaban J connectivity index is 2.16. The van der Waals surface area contributed by atoms with Gasteiger partial charge < -0.3 is 10.0 Å². The van der Waals surface area contributed by atoms with Crippen molar-refractivity contribution >= 4 is 17.6 Å². The third kappa shape index (κ3) is 2.73. The molecule has 0 fully saturated rings. The lowest BCUT2D eigenvalue weighted by atomic mass is 9.80. The van der Waals surface area contributed by atoms with Crippen molar-refractivity contribution in [3.63, 3.8) is 0 Å². The predicted octanol–water partition coefficient (Wildman–Crippen LogP) is 2.98. The van der Waals surface area contributed by atoms with Crippen molar-refractivity contribution < 1.29 is 19.6 Å². The van der Waals surface area contributed by atoms with Crippen molar-refractivity contribution in [2.45, 2.75) is 18.9 Å². The SMILES string of the molecule is CCN1C(=O)c2ccccc2C(C(=O)O)C1c1ccc([N+](=O)[O-])cc1. The number of carboxylic acid groups (broad SMARTS) is 1. The molecule has 1 aliphatic heterocycles. The van der Waals surface area contributed by atoms with Crippen LogP contribution in [0.3, 0.4) is 0 Å². The Hall–Kier alpha value is -3.22. The molecule has 3 rings (SSSR count). The van der Waals surface area contributed by atoms with Crippen LogP contribution in [-0.2, 0) is 4.79 Å². The number of hydrogen-bond acceptors (Lipinski definition) is 4. The molecule has 1 aliphatic rings. The second-order valence-electron chi connectivity index (χ2n) is 5.79. The summed E-state index contributed by atoms with van der Waals surface area (Å²) < 4.78 is 0. The number of rotatable bonds is 4. The van der Waals surface area contributed by atoms with E-state index in [0.717, 1.165) is 0 Å². The Labute approximate surface area is 143 Å². The van der Waals surface area contributed by atoms with E-state index < -0.39 is 22.9 Å². The van der Waals surface area contributed by atoms with Gasteiger partial charge in [-0.1, -0.05) is 30.3 Å². The summed E-state index contributed by atoms with van der Waals surface area (Å²) in [5, 5.41) is 20.7. The fourth-order valence-corrected chi connectivity index (χ4v) is 3.37. The molecule has 0 bridgehead atoms. The molecule has 1 N–H and O–H groups in total. The summed E-state index contributed by atoms with van der Waals surface area (Å²) in [7, 11) is 0. The van der Waals surface area contributed by atoms with Crippen LogP contribution in [0.2, 0.25) is 0 Å². The zero-order chi connectivity index (χ0) is 18.1. The number of aliphatic carboxylic acids is 1. The van der Waals surface area contributed by atoms with Crippen molar-refractivity contribution in [1.82, 2.24) is 4.90 Å². The van der Waals surface area contributed by atoms with E-state index in [4.69, 9.17) is 0 Å². The van der Waals surface area contributed by atoms with E-state index in [1.54, 1.807) is 31.2 Å². The van der Waals surface area contributed by atoms with Gasteiger partial charge in [0.15, 0.2) is 0 Å². The minimum atomic E-state index is -1.04. The van der Waals surface area contributed by atoms with Crippen LogP contribution in [0, 0.1) is 10.1 Å². The monoisotopic (exact) mass is 340 g/mol. The van der Waals surface area contributed by atoms with Crippen molar-refractivity contribution in [2.75, 3.05) is 6.54 Å². The number of nitrogens with zero attached hydrogens (tertiary/aromatic N) is 2. The van der Waals surface area contributed by atoms with Gasteiger partial charge in [-0.25, -0.2) is 0 Å². The predicted molar refractivity (Wildman–Crippen MR) is 89.4 cm³/mol. The second kappa shape index (κ2) is 6.35. The van der Waals surface area contributed by atoms with Crippen LogP contribution in [0.25, 0.3) is 0 Å². The van der Waals surface area contributed by atoms with Gasteiger partial charge in [0.1, 0.15) is 5.92 Å². The van der Waals surface area contributed by atoms with Crippen LogP contribution >= 0.6 is 0 Å². The first-order valence-corrected chi connectivity index (χ1v) is 7.82. The number of nitro groups is 1. The number of hydrogen-bond donors (Lipinski definition) is 1. The van der Waals surface area contributed by atoms with E-state index in [-0.39, 0.29) is 11.6 Å². The van der Waals surface area contributed by atoms with Gasteiger partial charge in [-0.05, 0) is 24.1 Å². The van der Waals surface area contributed by atoms with Gasteiger partial charge >= 0.3 is 5.97 Å². The average molecular weight is 340 g/mol. The number of likely N-dealkylation sites (N-methyl/N-ethyl adjacent to an activating group) is 1. The Kier molecular flexibility index (Phi) is 4.22. The van der Waals surface area contributed by atoms with E-state index in [1.165, 1.54) is 29.2 Å². The van der Waals surface area contributed by atoms with Crippen LogP contribution in [-0.4, -0.2) is 33.4 Å². The highest BCUT2D eigenvalue weighted by Crippen LogP contribution is 2.42. The number of benzene rings is 2. The molecular formula is C18H16N2O5. The molecule has 7 heteroatoms. The second-order valence-corrected chi connectivity index (χ2v) is 5.79. The summed E-state index contributed by atoms with van der Waals surface area (Å²) in [5.41, 5.74) is 1.33. The molecule has 2 unspecified atom stereocenters. The van der Waals surface area contributed by atoms with Crippen LogP contribution < -0.4 is 0 Å². The molecule has 1 amide bonds. The first-order chi connectivity index (χ1) is 12.0. The maximum atomic E-state index is 12.8. The van der Waals surface area contributed by atoms with Crippen molar-refractivity contribution in [1.29, 1.82) is 0 Å². The van der Waals surface area contributed by atoms with Gasteiger partial charge in [0, 0.05) is 24.2 Å². The van der Waals surface area contributed by atoms with E-state index in [2.05, 4.69) is 0 Å². The highest BCUT2D eigenvalue weighted by Gasteiger charge is 2.43. The number of nitro benzene ring substituents is 1. The number of carbonyl (C=O) groups excluding carboxylic acids is 1. The lowest BCUT2D eigenvalue weighted by Crippen LogP contribution is -2.44. The molecule has 0 aromatic heterocycles. The van der Waals surface area contributed by atoms with Gasteiger partial charge in [0.05, 0.1) is 11.0 Å². The molecule has 7 nitrogen and oxygen atoms in total. The van der Waals surface area contributed by atoms with Crippen LogP contribution in [0.5, 0.6) is 0 Å². The summed E-state index contributed by atoms with van der Waals surface area (Å²) in [6.07, 6.45) is 0. The molecule has 0 spiro atoms. The molecule has 1 heterocycles. The van der Waals surface area contributed by atoms with Crippen molar-refractivity contribution in [2.24, 2.45) is 0 Å². The molecule has 0 saturated heterocycles. The van der Waals surface area contributed by atoms with E-state index in [9.17, 15) is 24.8 Å². The van der Waals surface area contributed by atoms with Crippen LogP contribution in [0.15, 0.2) is 48.5 Å². The Bertz CT molecular complexity index is 847. The summed E-state index contributed by atoms with van der Waals surface area (Å²) >= 11 is 0. The zero-order valence-corrected chi connectivity index (χ0v) is 13.5. The Morgan fingerprint density at radius 2 is 1.84 bits per heavy atom. The summed E-state index contributed by atoms with van der Waals surface area (Å²) in [6, 6.07) is 11.7. The summed E-state index contributed by atoms with van der Waals surface area (Å²) in [6.45, 7) is 2.11. The first-order valence-electron chi connectivity index (χ1n) is 7.82. The van der Waals surface area contributed by atoms with Crippen molar-refractivity contribution in [3.8, 4) is 0 Å². The third-order valence-corrected chi connectivity index (χ3v) is 4.49. The lowest BCUT2D eigenvalue weighted by Gasteiger charge is -2.40. The molecule has 2 aromatic carbocycles. The fourth-order valence-electron chi connectivity index (χ4n) is 3.37. The van der Waals surface area contributed by atoms with E-state index >= 15 is 0 Å². The Morgan fingerprint density at radius 1 is 1.20 bits per heavy atom. The lowest BCUT2D eigenvalue weighted by molar-refractivity contribution is -0.384. The van der Waals surface area contributed by atoms with Gasteiger partial charge in [-0.2, -0.15) is 0 Å². The minimum absolute atomic E-state index is 0.0822. The quantitative estimate of drug-likeness (QED) is 0.681. The topological polar surface area (TPSA) is 101 Å². The normalized spacial score (nSPS) is 19.4. The maximum absolute atomic E-state index is 12.8. The van der Waals surface area contributed by atoms with Crippen LogP contribution in [0.4, 0.5) is 5.69 Å². The van der Waals surface area contributed by atoms with Gasteiger partial charge in [0.2, 0.25) is 0 Å². The number of amides is 1. The number of fused-ring (bicyclic) bond motifs is 1. The number of non-ortho nitro benzene ring substituents is 1. The summed E-state index contributed by atoms with van der Waals surface area (Å²) in [5.74, 6) is -2.21. The molecule has 0 radical (unpaired) electrons. The molecule has 0 aliphatic carbocycles. The largest absolute Gasteiger partial charge is 0.481 e. The minimum Gasteiger partial charge on any atom is -0.481 e. The van der Waals surface area contributed by atoms with Gasteiger partial charge in [-0.3, -0.25) is 19.7 Å². The molecule has 2 aromatic rings. The van der Waals surface area contributed by atoms with Crippen LogP contribution in [0.1, 0.15) is 40.4 Å². The smallest absolute Gasteiger partial charge is 0.313 e. The van der Waals surface area contributed by atoms with Gasteiger partial charge in [0.25, 0.3) is 11.6 Å². The first kappa shape index (κ1) is 16.6.